The van der Waals surface area contributed by atoms with Gasteiger partial charge in [-0.2, -0.15) is 0 Å². The Labute approximate surface area is 179 Å². The van der Waals surface area contributed by atoms with Gasteiger partial charge in [-0.1, -0.05) is 31.2 Å². The van der Waals surface area contributed by atoms with Crippen LogP contribution < -0.4 is 10.6 Å². The summed E-state index contributed by atoms with van der Waals surface area (Å²) in [6.07, 6.45) is 3.21. The Balaban J connectivity index is 1.51. The van der Waals surface area contributed by atoms with Crippen molar-refractivity contribution in [3.05, 3.63) is 47.5 Å². The van der Waals surface area contributed by atoms with Crippen molar-refractivity contribution in [1.82, 2.24) is 30.3 Å². The van der Waals surface area contributed by atoms with Gasteiger partial charge in [0.1, 0.15) is 12.2 Å². The van der Waals surface area contributed by atoms with E-state index in [4.69, 9.17) is 4.74 Å². The van der Waals surface area contributed by atoms with Gasteiger partial charge in [-0.3, -0.25) is 9.89 Å². The molecule has 8 nitrogen and oxygen atoms in total. The predicted octanol–water partition coefficient (Wildman–Crippen LogP) is 1.81. The normalized spacial score (nSPS) is 20.3. The average Bonchev–Trinajstić information content (AvgIpc) is 3.18. The molecule has 0 amide bonds. The first-order chi connectivity index (χ1) is 14.6. The lowest BCUT2D eigenvalue weighted by molar-refractivity contribution is -0.0705. The van der Waals surface area contributed by atoms with E-state index >= 15 is 0 Å². The second-order valence-corrected chi connectivity index (χ2v) is 7.87. The van der Waals surface area contributed by atoms with Crippen molar-refractivity contribution in [2.75, 3.05) is 26.7 Å². The Kier molecular flexibility index (Phi) is 8.21. The van der Waals surface area contributed by atoms with Crippen molar-refractivity contribution in [2.45, 2.75) is 59.0 Å². The molecule has 2 aromatic rings. The fraction of sp³-hybridized carbons (Fsp3) is 0.591. The molecule has 3 rings (SSSR count). The Hall–Kier alpha value is -2.45. The van der Waals surface area contributed by atoms with Crippen LogP contribution in [0.25, 0.3) is 0 Å². The van der Waals surface area contributed by atoms with Crippen molar-refractivity contribution in [3.8, 4) is 0 Å². The van der Waals surface area contributed by atoms with E-state index in [0.29, 0.717) is 0 Å². The number of aliphatic imine (C=N–C) groups is 1. The molecule has 8 heteroatoms. The number of nitrogens with one attached hydrogen (secondary N) is 2. The molecule has 2 atom stereocenters. The summed E-state index contributed by atoms with van der Waals surface area (Å²) in [6.45, 7) is 11.6. The minimum atomic E-state index is 0.279. The molecule has 164 valence electrons. The van der Waals surface area contributed by atoms with Gasteiger partial charge in [0, 0.05) is 52.7 Å². The average molecular weight is 414 g/mol. The predicted molar refractivity (Wildman–Crippen MR) is 119 cm³/mol. The fourth-order valence-corrected chi connectivity index (χ4v) is 3.97. The van der Waals surface area contributed by atoms with Crippen LogP contribution in [-0.4, -0.2) is 64.5 Å². The van der Waals surface area contributed by atoms with Gasteiger partial charge in [0.2, 0.25) is 0 Å². The molecule has 2 heterocycles. The maximum Gasteiger partial charge on any atom is 0.191 e. The van der Waals surface area contributed by atoms with Gasteiger partial charge in [-0.15, -0.1) is 10.2 Å². The van der Waals surface area contributed by atoms with E-state index in [9.17, 15) is 0 Å². The summed E-state index contributed by atoms with van der Waals surface area (Å²) in [7, 11) is 1.80. The molecule has 0 spiro atoms. The van der Waals surface area contributed by atoms with Crippen LogP contribution in [0.2, 0.25) is 0 Å². The van der Waals surface area contributed by atoms with Gasteiger partial charge in [0.15, 0.2) is 5.96 Å². The zero-order valence-electron chi connectivity index (χ0n) is 18.6. The quantitative estimate of drug-likeness (QED) is 0.508. The van der Waals surface area contributed by atoms with Gasteiger partial charge >= 0.3 is 0 Å². The number of hydrogen-bond donors (Lipinski definition) is 2. The number of aromatic nitrogens is 3. The van der Waals surface area contributed by atoms with Crippen LogP contribution in [0, 0.1) is 0 Å². The number of morpholine rings is 1. The molecule has 0 radical (unpaired) electrons. The van der Waals surface area contributed by atoms with E-state index in [2.05, 4.69) is 80.3 Å². The maximum atomic E-state index is 5.87. The minimum Gasteiger partial charge on any atom is -0.373 e. The zero-order chi connectivity index (χ0) is 21.3. The van der Waals surface area contributed by atoms with Crippen molar-refractivity contribution in [2.24, 2.45) is 4.99 Å². The first-order valence-corrected chi connectivity index (χ1v) is 10.8. The number of aryl methyl sites for hydroxylation is 1. The van der Waals surface area contributed by atoms with Crippen LogP contribution in [0.1, 0.15) is 37.7 Å². The third-order valence-electron chi connectivity index (χ3n) is 5.33. The van der Waals surface area contributed by atoms with Crippen molar-refractivity contribution < 1.29 is 4.74 Å². The zero-order valence-corrected chi connectivity index (χ0v) is 18.6. The number of ether oxygens (including phenoxy) is 1. The van der Waals surface area contributed by atoms with Crippen LogP contribution in [-0.2, 0) is 30.8 Å². The van der Waals surface area contributed by atoms with Gasteiger partial charge in [0.05, 0.1) is 12.2 Å². The van der Waals surface area contributed by atoms with Crippen LogP contribution in [0.5, 0.6) is 0 Å². The number of rotatable bonds is 8. The molecule has 1 aliphatic rings. The summed E-state index contributed by atoms with van der Waals surface area (Å²) >= 11 is 0. The summed E-state index contributed by atoms with van der Waals surface area (Å²) < 4.78 is 7.94. The van der Waals surface area contributed by atoms with Gasteiger partial charge in [-0.25, -0.2) is 0 Å². The van der Waals surface area contributed by atoms with Crippen LogP contribution in [0.3, 0.4) is 0 Å². The first kappa shape index (κ1) is 22.2. The second kappa shape index (κ2) is 11.1. The second-order valence-electron chi connectivity index (χ2n) is 7.87. The monoisotopic (exact) mass is 413 g/mol. The molecular formula is C22H35N7O. The smallest absolute Gasteiger partial charge is 0.191 e. The highest BCUT2D eigenvalue weighted by Crippen LogP contribution is 2.17. The van der Waals surface area contributed by atoms with Gasteiger partial charge in [-0.05, 0) is 25.0 Å². The van der Waals surface area contributed by atoms with Crippen molar-refractivity contribution in [3.63, 3.8) is 0 Å². The van der Waals surface area contributed by atoms with E-state index in [1.165, 1.54) is 11.1 Å². The molecule has 1 saturated heterocycles. The first-order valence-electron chi connectivity index (χ1n) is 10.8. The Morgan fingerprint density at radius 3 is 2.60 bits per heavy atom. The summed E-state index contributed by atoms with van der Waals surface area (Å²) in [5, 5.41) is 14.9. The number of benzene rings is 1. The summed E-state index contributed by atoms with van der Waals surface area (Å²) in [4.78, 5) is 6.84. The number of guanidine groups is 1. The molecule has 1 aliphatic heterocycles. The van der Waals surface area contributed by atoms with Crippen LogP contribution in [0.4, 0.5) is 0 Å². The maximum absolute atomic E-state index is 5.87. The van der Waals surface area contributed by atoms with Crippen LogP contribution >= 0.6 is 0 Å². The number of hydrogen-bond acceptors (Lipinski definition) is 5. The largest absolute Gasteiger partial charge is 0.373 e. The molecule has 0 bridgehead atoms. The lowest BCUT2D eigenvalue weighted by Crippen LogP contribution is -2.45. The molecule has 1 fully saturated rings. The molecule has 1 aromatic carbocycles. The van der Waals surface area contributed by atoms with E-state index in [1.807, 2.05) is 0 Å². The third-order valence-corrected chi connectivity index (χ3v) is 5.33. The highest BCUT2D eigenvalue weighted by molar-refractivity contribution is 5.79. The van der Waals surface area contributed by atoms with Gasteiger partial charge in [0.25, 0.3) is 0 Å². The van der Waals surface area contributed by atoms with E-state index in [1.54, 1.807) is 13.4 Å². The Bertz CT molecular complexity index is 809. The van der Waals surface area contributed by atoms with Crippen molar-refractivity contribution in [1.29, 1.82) is 0 Å². The van der Waals surface area contributed by atoms with E-state index < -0.39 is 0 Å². The number of nitrogens with zero attached hydrogens (tertiary/aromatic N) is 5. The van der Waals surface area contributed by atoms with Crippen molar-refractivity contribution >= 4 is 5.96 Å². The lowest BCUT2D eigenvalue weighted by atomic mass is 10.1. The molecular weight excluding hydrogens is 378 g/mol. The summed E-state index contributed by atoms with van der Waals surface area (Å²) in [5.41, 5.74) is 2.64. The molecule has 30 heavy (non-hydrogen) atoms. The topological polar surface area (TPSA) is 79.6 Å². The summed E-state index contributed by atoms with van der Waals surface area (Å²) in [6, 6.07) is 8.62. The highest BCUT2D eigenvalue weighted by atomic mass is 16.5. The van der Waals surface area contributed by atoms with E-state index in [-0.39, 0.29) is 12.2 Å². The minimum absolute atomic E-state index is 0.279. The Morgan fingerprint density at radius 1 is 1.17 bits per heavy atom. The summed E-state index contributed by atoms with van der Waals surface area (Å²) in [5.74, 6) is 1.80. The molecule has 2 unspecified atom stereocenters. The Morgan fingerprint density at radius 2 is 1.90 bits per heavy atom. The molecule has 1 aromatic heterocycles. The molecule has 2 N–H and O–H groups in total. The standard InChI is InChI=1S/C22H35N7O/c1-5-21-27-26-16-29(21)11-10-24-22(23-4)25-12-19-8-6-7-9-20(19)15-28-13-17(2)30-18(3)14-28/h6-9,16-18H,5,10-15H2,1-4H3,(H2,23,24,25). The van der Waals surface area contributed by atoms with Crippen LogP contribution in [0.15, 0.2) is 35.6 Å². The lowest BCUT2D eigenvalue weighted by Gasteiger charge is -2.35. The fourth-order valence-electron chi connectivity index (χ4n) is 3.97. The molecule has 0 aliphatic carbocycles. The SMILES string of the molecule is CCc1nncn1CCNC(=NC)NCc1ccccc1CN1CC(C)OC(C)C1. The molecule has 0 saturated carbocycles. The van der Waals surface area contributed by atoms with E-state index in [0.717, 1.165) is 57.5 Å². The third kappa shape index (κ3) is 6.27. The van der Waals surface area contributed by atoms with Gasteiger partial charge < -0.3 is 19.9 Å². The highest BCUT2D eigenvalue weighted by Gasteiger charge is 2.22.